The van der Waals surface area contributed by atoms with Crippen molar-refractivity contribution in [1.82, 2.24) is 0 Å². The van der Waals surface area contributed by atoms with Gasteiger partial charge in [-0.3, -0.25) is 9.59 Å². The highest BCUT2D eigenvalue weighted by Gasteiger charge is 2.07. The number of allylic oxidation sites excluding steroid dienone is 2. The average Bonchev–Trinajstić information content (AvgIpc) is 3.54. The summed E-state index contributed by atoms with van der Waals surface area (Å²) in [6, 6.07) is 16.7. The highest BCUT2D eigenvalue weighted by atomic mass is 32.1. The molecular formula is C38H59FO2S. The van der Waals surface area contributed by atoms with Crippen molar-refractivity contribution in [2.75, 3.05) is 0 Å². The fourth-order valence-electron chi connectivity index (χ4n) is 2.94. The van der Waals surface area contributed by atoms with Gasteiger partial charge in [-0.2, -0.15) is 0 Å². The molecule has 1 heterocycles. The maximum absolute atomic E-state index is 12.2. The number of Topliss-reactive ketones (excluding diaryl/α,β-unsaturated/α-hetero) is 2. The van der Waals surface area contributed by atoms with Gasteiger partial charge in [-0.15, -0.1) is 11.3 Å². The second-order valence-electron chi connectivity index (χ2n) is 9.86. The van der Waals surface area contributed by atoms with E-state index in [1.807, 2.05) is 45.2 Å². The number of carbonyl (C=O) groups excluding carboxylic acids is 2. The molecule has 0 atom stereocenters. The molecule has 3 aromatic rings. The van der Waals surface area contributed by atoms with Crippen molar-refractivity contribution in [3.05, 3.63) is 98.5 Å². The standard InChI is InChI=1S/C14H18O.C8H9F.C7H8OS.2C4H10.CH4/c1-9-6-7-10(2)14(8-9)12(4)11(3)13(5)15;1-2-7-3-5-8(9)6-4-7;1-2-6(8)7-4-3-5-9-7;2*1-3-4-2;/h6-8H,1-5H3;3-6H,2H2,1H3;3-5H,2H2,1H3;2*3-4H2,1-2H3;1H4/b12-11-;;;;;. The second-order valence-corrected chi connectivity index (χ2v) is 10.8. The Morgan fingerprint density at radius 3 is 1.67 bits per heavy atom. The number of aryl methyl sites for hydroxylation is 3. The van der Waals surface area contributed by atoms with Gasteiger partial charge in [0.25, 0.3) is 0 Å². The highest BCUT2D eigenvalue weighted by Crippen LogP contribution is 2.23. The van der Waals surface area contributed by atoms with E-state index in [-0.39, 0.29) is 24.8 Å². The number of thiophene rings is 1. The average molecular weight is 599 g/mol. The van der Waals surface area contributed by atoms with Gasteiger partial charge in [0.2, 0.25) is 0 Å². The van der Waals surface area contributed by atoms with Crippen molar-refractivity contribution in [1.29, 1.82) is 0 Å². The van der Waals surface area contributed by atoms with E-state index in [4.69, 9.17) is 0 Å². The van der Waals surface area contributed by atoms with E-state index in [0.29, 0.717) is 6.42 Å². The van der Waals surface area contributed by atoms with Crippen molar-refractivity contribution in [3.63, 3.8) is 0 Å². The lowest BCUT2D eigenvalue weighted by Crippen LogP contribution is -1.97. The van der Waals surface area contributed by atoms with Crippen LogP contribution in [-0.4, -0.2) is 11.6 Å². The maximum atomic E-state index is 12.2. The van der Waals surface area contributed by atoms with Crippen LogP contribution in [0, 0.1) is 19.7 Å². The fourth-order valence-corrected chi connectivity index (χ4v) is 3.67. The molecule has 0 unspecified atom stereocenters. The molecular weight excluding hydrogens is 539 g/mol. The van der Waals surface area contributed by atoms with Crippen LogP contribution in [0.1, 0.15) is 134 Å². The summed E-state index contributed by atoms with van der Waals surface area (Å²) in [6.45, 7) is 22.3. The number of hydrogen-bond donors (Lipinski definition) is 0. The largest absolute Gasteiger partial charge is 0.295 e. The first-order valence-electron chi connectivity index (χ1n) is 15.0. The maximum Gasteiger partial charge on any atom is 0.172 e. The summed E-state index contributed by atoms with van der Waals surface area (Å²) in [6.07, 6.45) is 6.86. The molecule has 0 amide bonds. The van der Waals surface area contributed by atoms with Crippen LogP contribution in [0.4, 0.5) is 4.39 Å². The molecule has 42 heavy (non-hydrogen) atoms. The van der Waals surface area contributed by atoms with Gasteiger partial charge in [0.1, 0.15) is 5.82 Å². The number of unbranched alkanes of at least 4 members (excludes halogenated alkanes) is 2. The number of halogens is 1. The van der Waals surface area contributed by atoms with Crippen LogP contribution in [0.2, 0.25) is 0 Å². The number of hydrogen-bond acceptors (Lipinski definition) is 3. The topological polar surface area (TPSA) is 34.1 Å². The van der Waals surface area contributed by atoms with Crippen molar-refractivity contribution >= 4 is 28.5 Å². The first-order valence-corrected chi connectivity index (χ1v) is 15.9. The molecule has 0 radical (unpaired) electrons. The quantitative estimate of drug-likeness (QED) is 0.200. The minimum Gasteiger partial charge on any atom is -0.295 e. The summed E-state index contributed by atoms with van der Waals surface area (Å²) in [5.74, 6) is 0.227. The van der Waals surface area contributed by atoms with Gasteiger partial charge in [-0.05, 0) is 92.5 Å². The van der Waals surface area contributed by atoms with E-state index in [1.54, 1.807) is 19.1 Å². The van der Waals surface area contributed by atoms with Crippen LogP contribution in [0.25, 0.3) is 5.57 Å². The van der Waals surface area contributed by atoms with Gasteiger partial charge in [0.15, 0.2) is 11.6 Å². The summed E-state index contributed by atoms with van der Waals surface area (Å²) in [4.78, 5) is 23.1. The normalized spacial score (nSPS) is 9.90. The third-order valence-electron chi connectivity index (χ3n) is 6.33. The molecule has 0 fully saturated rings. The predicted molar refractivity (Wildman–Crippen MR) is 187 cm³/mol. The SMILES string of the molecule is C.CC(=O)/C(C)=C(/C)c1cc(C)ccc1C.CCC(=O)c1cccs1.CCCC.CCCC.CCc1ccc(F)cc1. The molecule has 0 saturated carbocycles. The molecule has 0 aliphatic heterocycles. The Kier molecular flexibility index (Phi) is 28.0. The summed E-state index contributed by atoms with van der Waals surface area (Å²) in [7, 11) is 0. The van der Waals surface area contributed by atoms with Crippen LogP contribution in [0.5, 0.6) is 0 Å². The Morgan fingerprint density at radius 1 is 0.762 bits per heavy atom. The molecule has 0 saturated heterocycles. The molecule has 2 nitrogen and oxygen atoms in total. The minimum absolute atomic E-state index is 0. The monoisotopic (exact) mass is 598 g/mol. The van der Waals surface area contributed by atoms with E-state index >= 15 is 0 Å². The molecule has 3 rings (SSSR count). The van der Waals surface area contributed by atoms with Crippen molar-refractivity contribution in [3.8, 4) is 0 Å². The van der Waals surface area contributed by atoms with Crippen LogP contribution >= 0.6 is 11.3 Å². The summed E-state index contributed by atoms with van der Waals surface area (Å²) in [5, 5.41) is 1.92. The van der Waals surface area contributed by atoms with E-state index in [0.717, 1.165) is 22.4 Å². The van der Waals surface area contributed by atoms with Crippen LogP contribution in [-0.2, 0) is 11.2 Å². The number of ketones is 2. The van der Waals surface area contributed by atoms with E-state index in [2.05, 4.69) is 59.7 Å². The Labute approximate surface area is 262 Å². The molecule has 0 spiro atoms. The summed E-state index contributed by atoms with van der Waals surface area (Å²) < 4.78 is 12.2. The van der Waals surface area contributed by atoms with Crippen LogP contribution < -0.4 is 0 Å². The fraction of sp³-hybridized carbons (Fsp3) is 0.474. The molecule has 2 aromatic carbocycles. The Hall–Kier alpha value is -2.85. The lowest BCUT2D eigenvalue weighted by atomic mass is 9.95. The highest BCUT2D eigenvalue weighted by molar-refractivity contribution is 7.12. The molecule has 4 heteroatoms. The lowest BCUT2D eigenvalue weighted by molar-refractivity contribution is -0.113. The van der Waals surface area contributed by atoms with Gasteiger partial charge < -0.3 is 0 Å². The lowest BCUT2D eigenvalue weighted by Gasteiger charge is -2.10. The molecule has 0 bridgehead atoms. The zero-order valence-corrected chi connectivity index (χ0v) is 28.4. The summed E-state index contributed by atoms with van der Waals surface area (Å²) >= 11 is 1.51. The first kappa shape index (κ1) is 43.6. The molecule has 0 aliphatic carbocycles. The van der Waals surface area contributed by atoms with Gasteiger partial charge >= 0.3 is 0 Å². The van der Waals surface area contributed by atoms with Gasteiger partial charge in [0.05, 0.1) is 4.88 Å². The number of carbonyl (C=O) groups is 2. The second kappa shape index (κ2) is 27.0. The van der Waals surface area contributed by atoms with Gasteiger partial charge in [0, 0.05) is 6.42 Å². The van der Waals surface area contributed by atoms with E-state index in [1.165, 1.54) is 71.4 Å². The molecule has 1 aromatic heterocycles. The Morgan fingerprint density at radius 2 is 1.29 bits per heavy atom. The van der Waals surface area contributed by atoms with Gasteiger partial charge in [-0.25, -0.2) is 4.39 Å². The predicted octanol–water partition coefficient (Wildman–Crippen LogP) is 12.7. The molecule has 236 valence electrons. The smallest absolute Gasteiger partial charge is 0.172 e. The number of benzene rings is 2. The Balaban J connectivity index is -0.000000491. The van der Waals surface area contributed by atoms with Crippen LogP contribution in [0.15, 0.2) is 65.6 Å². The zero-order valence-electron chi connectivity index (χ0n) is 27.6. The van der Waals surface area contributed by atoms with Crippen molar-refractivity contribution < 1.29 is 14.0 Å². The van der Waals surface area contributed by atoms with Gasteiger partial charge in [-0.1, -0.05) is 117 Å². The Bertz CT molecular complexity index is 1120. The summed E-state index contributed by atoms with van der Waals surface area (Å²) in [5.41, 5.74) is 6.75. The third-order valence-corrected chi connectivity index (χ3v) is 7.24. The molecule has 0 N–H and O–H groups in total. The van der Waals surface area contributed by atoms with E-state index in [9.17, 15) is 14.0 Å². The molecule has 0 aliphatic rings. The first-order chi connectivity index (χ1) is 19.4. The zero-order chi connectivity index (χ0) is 31.8. The van der Waals surface area contributed by atoms with Crippen molar-refractivity contribution in [2.45, 2.75) is 122 Å². The van der Waals surface area contributed by atoms with Crippen LogP contribution in [0.3, 0.4) is 0 Å². The van der Waals surface area contributed by atoms with E-state index < -0.39 is 0 Å². The minimum atomic E-state index is -0.160. The number of rotatable bonds is 7. The van der Waals surface area contributed by atoms with Crippen molar-refractivity contribution in [2.24, 2.45) is 0 Å². The third kappa shape index (κ3) is 20.1.